The molecular formula is C14H16FN3O. The van der Waals surface area contributed by atoms with Crippen LogP contribution in [0.25, 0.3) is 10.9 Å². The first kappa shape index (κ1) is 12.3. The van der Waals surface area contributed by atoms with Gasteiger partial charge in [-0.05, 0) is 26.0 Å². The van der Waals surface area contributed by atoms with Gasteiger partial charge in [0.05, 0.1) is 23.1 Å². The maximum absolute atomic E-state index is 14.1. The molecule has 100 valence electrons. The Labute approximate surface area is 111 Å². The van der Waals surface area contributed by atoms with Crippen LogP contribution in [0.3, 0.4) is 0 Å². The third-order valence-corrected chi connectivity index (χ3v) is 3.31. The molecule has 2 heterocycles. The van der Waals surface area contributed by atoms with Crippen molar-refractivity contribution < 1.29 is 9.13 Å². The minimum absolute atomic E-state index is 0.112. The topological polar surface area (TPSA) is 38.2 Å². The number of fused-ring (bicyclic) bond motifs is 1. The molecule has 0 spiro atoms. The molecule has 0 radical (unpaired) electrons. The summed E-state index contributed by atoms with van der Waals surface area (Å²) in [6, 6.07) is 4.92. The Bertz CT molecular complexity index is 589. The predicted octanol–water partition coefficient (Wildman–Crippen LogP) is 2.38. The molecule has 2 atom stereocenters. The summed E-state index contributed by atoms with van der Waals surface area (Å²) in [6.07, 6.45) is 1.71. The highest BCUT2D eigenvalue weighted by Crippen LogP contribution is 2.27. The van der Waals surface area contributed by atoms with E-state index in [-0.39, 0.29) is 18.0 Å². The van der Waals surface area contributed by atoms with E-state index in [4.69, 9.17) is 4.74 Å². The monoisotopic (exact) mass is 261 g/mol. The molecule has 0 N–H and O–H groups in total. The number of aromatic nitrogens is 2. The quantitative estimate of drug-likeness (QED) is 0.790. The fourth-order valence-electron chi connectivity index (χ4n) is 2.64. The van der Waals surface area contributed by atoms with Crippen LogP contribution in [0.1, 0.15) is 13.8 Å². The molecule has 0 aliphatic carbocycles. The Hall–Kier alpha value is -1.75. The summed E-state index contributed by atoms with van der Waals surface area (Å²) in [5.41, 5.74) is 0.636. The van der Waals surface area contributed by atoms with Crippen molar-refractivity contribution in [1.29, 1.82) is 0 Å². The van der Waals surface area contributed by atoms with Crippen LogP contribution in [0.2, 0.25) is 0 Å². The summed E-state index contributed by atoms with van der Waals surface area (Å²) in [7, 11) is 0. The van der Waals surface area contributed by atoms with Crippen molar-refractivity contribution in [3.8, 4) is 0 Å². The Balaban J connectivity index is 2.09. The van der Waals surface area contributed by atoms with E-state index in [1.165, 1.54) is 12.4 Å². The van der Waals surface area contributed by atoms with E-state index in [0.717, 1.165) is 0 Å². The molecule has 2 unspecified atom stereocenters. The maximum Gasteiger partial charge on any atom is 0.143 e. The number of ether oxygens (including phenoxy) is 1. The van der Waals surface area contributed by atoms with Gasteiger partial charge in [0, 0.05) is 13.1 Å². The summed E-state index contributed by atoms with van der Waals surface area (Å²) in [6.45, 7) is 5.46. The summed E-state index contributed by atoms with van der Waals surface area (Å²) < 4.78 is 19.8. The van der Waals surface area contributed by atoms with E-state index in [2.05, 4.69) is 14.9 Å². The molecule has 0 bridgehead atoms. The largest absolute Gasteiger partial charge is 0.372 e. The van der Waals surface area contributed by atoms with E-state index in [0.29, 0.717) is 29.8 Å². The van der Waals surface area contributed by atoms with Gasteiger partial charge in [0.2, 0.25) is 0 Å². The Morgan fingerprint density at radius 1 is 1.21 bits per heavy atom. The second-order valence-corrected chi connectivity index (χ2v) is 4.99. The maximum atomic E-state index is 14.1. The molecule has 1 aliphatic heterocycles. The molecule has 1 aliphatic rings. The third kappa shape index (κ3) is 2.26. The Morgan fingerprint density at radius 2 is 1.95 bits per heavy atom. The summed E-state index contributed by atoms with van der Waals surface area (Å²) in [4.78, 5) is 10.5. The van der Waals surface area contributed by atoms with E-state index in [9.17, 15) is 4.39 Å². The van der Waals surface area contributed by atoms with Crippen LogP contribution in [0.5, 0.6) is 0 Å². The van der Waals surface area contributed by atoms with Gasteiger partial charge in [0.15, 0.2) is 0 Å². The summed E-state index contributed by atoms with van der Waals surface area (Å²) in [5.74, 6) is 0.380. The number of nitrogens with zero attached hydrogens (tertiary/aromatic N) is 3. The van der Waals surface area contributed by atoms with Crippen LogP contribution < -0.4 is 4.90 Å². The number of rotatable bonds is 1. The number of anilines is 1. The minimum Gasteiger partial charge on any atom is -0.372 e. The summed E-state index contributed by atoms with van der Waals surface area (Å²) >= 11 is 0. The van der Waals surface area contributed by atoms with Gasteiger partial charge in [0.1, 0.15) is 18.0 Å². The van der Waals surface area contributed by atoms with Gasteiger partial charge in [0.25, 0.3) is 0 Å². The molecule has 5 heteroatoms. The second-order valence-electron chi connectivity index (χ2n) is 4.99. The van der Waals surface area contributed by atoms with Gasteiger partial charge >= 0.3 is 0 Å². The molecule has 2 aromatic rings. The van der Waals surface area contributed by atoms with Gasteiger partial charge in [-0.3, -0.25) is 0 Å². The Morgan fingerprint density at radius 3 is 2.68 bits per heavy atom. The lowest BCUT2D eigenvalue weighted by atomic mass is 10.1. The fourth-order valence-corrected chi connectivity index (χ4v) is 2.64. The SMILES string of the molecule is CC1CN(c2ncnc3cccc(F)c23)CC(C)O1. The average molecular weight is 261 g/mol. The first-order valence-electron chi connectivity index (χ1n) is 6.45. The molecule has 4 nitrogen and oxygen atoms in total. The number of benzene rings is 1. The smallest absolute Gasteiger partial charge is 0.143 e. The van der Waals surface area contributed by atoms with Gasteiger partial charge in [-0.1, -0.05) is 6.07 Å². The lowest BCUT2D eigenvalue weighted by Crippen LogP contribution is -2.46. The van der Waals surface area contributed by atoms with E-state index < -0.39 is 0 Å². The number of halogens is 1. The molecular weight excluding hydrogens is 245 g/mol. The van der Waals surface area contributed by atoms with E-state index >= 15 is 0 Å². The number of hydrogen-bond donors (Lipinski definition) is 0. The van der Waals surface area contributed by atoms with Gasteiger partial charge in [-0.25, -0.2) is 14.4 Å². The fraction of sp³-hybridized carbons (Fsp3) is 0.429. The van der Waals surface area contributed by atoms with Crippen molar-refractivity contribution in [2.24, 2.45) is 0 Å². The first-order valence-corrected chi connectivity index (χ1v) is 6.45. The second kappa shape index (κ2) is 4.74. The van der Waals surface area contributed by atoms with Gasteiger partial charge in [-0.2, -0.15) is 0 Å². The highest BCUT2D eigenvalue weighted by atomic mass is 19.1. The molecule has 3 rings (SSSR count). The lowest BCUT2D eigenvalue weighted by molar-refractivity contribution is -0.00538. The lowest BCUT2D eigenvalue weighted by Gasteiger charge is -2.36. The average Bonchev–Trinajstić information content (AvgIpc) is 2.37. The van der Waals surface area contributed by atoms with Crippen LogP contribution in [-0.2, 0) is 4.74 Å². The Kier molecular flexibility index (Phi) is 3.06. The zero-order valence-electron chi connectivity index (χ0n) is 11.0. The molecule has 19 heavy (non-hydrogen) atoms. The summed E-state index contributed by atoms with van der Waals surface area (Å²) in [5, 5.41) is 0.492. The normalized spacial score (nSPS) is 23.8. The first-order chi connectivity index (χ1) is 9.15. The van der Waals surface area contributed by atoms with Crippen LogP contribution in [-0.4, -0.2) is 35.3 Å². The van der Waals surface area contributed by atoms with Crippen LogP contribution >= 0.6 is 0 Å². The van der Waals surface area contributed by atoms with Crippen molar-refractivity contribution in [3.05, 3.63) is 30.3 Å². The van der Waals surface area contributed by atoms with Crippen molar-refractivity contribution in [2.75, 3.05) is 18.0 Å². The molecule has 0 saturated carbocycles. The molecule has 1 saturated heterocycles. The van der Waals surface area contributed by atoms with Crippen LogP contribution in [0.4, 0.5) is 10.2 Å². The number of morpholine rings is 1. The van der Waals surface area contributed by atoms with Crippen molar-refractivity contribution >= 4 is 16.7 Å². The highest BCUT2D eigenvalue weighted by Gasteiger charge is 2.25. The molecule has 1 aromatic carbocycles. The van der Waals surface area contributed by atoms with Crippen molar-refractivity contribution in [3.63, 3.8) is 0 Å². The van der Waals surface area contributed by atoms with Crippen LogP contribution in [0, 0.1) is 5.82 Å². The third-order valence-electron chi connectivity index (χ3n) is 3.31. The number of hydrogen-bond acceptors (Lipinski definition) is 4. The van der Waals surface area contributed by atoms with Crippen molar-refractivity contribution in [2.45, 2.75) is 26.1 Å². The van der Waals surface area contributed by atoms with Gasteiger partial charge in [-0.15, -0.1) is 0 Å². The molecule has 1 aromatic heterocycles. The van der Waals surface area contributed by atoms with E-state index in [1.807, 2.05) is 13.8 Å². The molecule has 1 fully saturated rings. The highest BCUT2D eigenvalue weighted by molar-refractivity contribution is 5.89. The minimum atomic E-state index is -0.278. The molecule has 0 amide bonds. The standard InChI is InChI=1S/C14H16FN3O/c1-9-6-18(7-10(2)19-9)14-13-11(15)4-3-5-12(13)16-8-17-14/h3-5,8-10H,6-7H2,1-2H3. The zero-order valence-corrected chi connectivity index (χ0v) is 11.0. The zero-order chi connectivity index (χ0) is 13.4. The van der Waals surface area contributed by atoms with E-state index in [1.54, 1.807) is 12.1 Å². The van der Waals surface area contributed by atoms with Crippen LogP contribution in [0.15, 0.2) is 24.5 Å². The predicted molar refractivity (Wildman–Crippen MR) is 71.7 cm³/mol. The van der Waals surface area contributed by atoms with Gasteiger partial charge < -0.3 is 9.64 Å². The van der Waals surface area contributed by atoms with Crippen molar-refractivity contribution in [1.82, 2.24) is 9.97 Å².